The first-order chi connectivity index (χ1) is 6.34. The van der Waals surface area contributed by atoms with E-state index >= 15 is 0 Å². The third-order valence-electron chi connectivity index (χ3n) is 2.66. The van der Waals surface area contributed by atoms with Gasteiger partial charge >= 0.3 is 5.97 Å². The Morgan fingerprint density at radius 2 is 2.54 bits per heavy atom. The van der Waals surface area contributed by atoms with Gasteiger partial charge in [0.15, 0.2) is 6.61 Å². The lowest BCUT2D eigenvalue weighted by molar-refractivity contribution is -0.144. The van der Waals surface area contributed by atoms with E-state index in [1.54, 1.807) is 0 Å². The van der Waals surface area contributed by atoms with Gasteiger partial charge in [0.2, 0.25) is 0 Å². The van der Waals surface area contributed by atoms with Gasteiger partial charge in [-0.25, -0.2) is 0 Å². The maximum absolute atomic E-state index is 11.3. The van der Waals surface area contributed by atoms with Crippen molar-refractivity contribution in [3.05, 3.63) is 0 Å². The number of ether oxygens (including phenoxy) is 2. The minimum atomic E-state index is -0.185. The standard InChI is InChI=1S/C10H12O3/c1-2-5-13-10(11)8-7-4-3-6-12-9(7)8/h1,7-9H,3-6H2. The van der Waals surface area contributed by atoms with Crippen molar-refractivity contribution in [3.63, 3.8) is 0 Å². The summed E-state index contributed by atoms with van der Waals surface area (Å²) >= 11 is 0. The second-order valence-corrected chi connectivity index (χ2v) is 3.48. The number of terminal acetylenes is 1. The third-order valence-corrected chi connectivity index (χ3v) is 2.66. The Labute approximate surface area is 77.4 Å². The van der Waals surface area contributed by atoms with Gasteiger partial charge in [-0.3, -0.25) is 4.79 Å². The molecule has 0 radical (unpaired) electrons. The third kappa shape index (κ3) is 1.54. The van der Waals surface area contributed by atoms with Gasteiger partial charge in [-0.2, -0.15) is 0 Å². The van der Waals surface area contributed by atoms with E-state index in [0.717, 1.165) is 19.4 Å². The van der Waals surface area contributed by atoms with E-state index in [0.29, 0.717) is 5.92 Å². The summed E-state index contributed by atoms with van der Waals surface area (Å²) in [6.07, 6.45) is 7.25. The first-order valence-electron chi connectivity index (χ1n) is 4.56. The molecule has 70 valence electrons. The molecule has 2 aliphatic rings. The molecule has 0 amide bonds. The smallest absolute Gasteiger partial charge is 0.312 e. The minimum absolute atomic E-state index is 0.0316. The minimum Gasteiger partial charge on any atom is -0.452 e. The first kappa shape index (κ1) is 8.58. The van der Waals surface area contributed by atoms with E-state index in [9.17, 15) is 4.79 Å². The van der Waals surface area contributed by atoms with Crippen LogP contribution in [0.4, 0.5) is 0 Å². The highest BCUT2D eigenvalue weighted by molar-refractivity contribution is 5.77. The molecule has 3 heteroatoms. The average molecular weight is 180 g/mol. The first-order valence-corrected chi connectivity index (χ1v) is 4.56. The van der Waals surface area contributed by atoms with E-state index in [1.807, 2.05) is 0 Å². The molecule has 2 fully saturated rings. The lowest BCUT2D eigenvalue weighted by Crippen LogP contribution is -2.11. The molecule has 0 aromatic carbocycles. The highest BCUT2D eigenvalue weighted by Crippen LogP contribution is 2.48. The Bertz CT molecular complexity index is 241. The second kappa shape index (κ2) is 3.39. The van der Waals surface area contributed by atoms with E-state index < -0.39 is 0 Å². The van der Waals surface area contributed by atoms with Crippen LogP contribution in [0.25, 0.3) is 0 Å². The molecule has 3 unspecified atom stereocenters. The topological polar surface area (TPSA) is 35.5 Å². The number of carbonyl (C=O) groups is 1. The van der Waals surface area contributed by atoms with Gasteiger partial charge in [-0.15, -0.1) is 6.42 Å². The molecule has 1 saturated heterocycles. The Kier molecular flexibility index (Phi) is 2.24. The van der Waals surface area contributed by atoms with Crippen LogP contribution < -0.4 is 0 Å². The van der Waals surface area contributed by atoms with Gasteiger partial charge in [0.05, 0.1) is 12.0 Å². The number of rotatable bonds is 2. The van der Waals surface area contributed by atoms with Crippen LogP contribution >= 0.6 is 0 Å². The second-order valence-electron chi connectivity index (χ2n) is 3.48. The summed E-state index contributed by atoms with van der Waals surface area (Å²) in [4.78, 5) is 11.3. The van der Waals surface area contributed by atoms with Crippen LogP contribution in [-0.4, -0.2) is 25.3 Å². The van der Waals surface area contributed by atoms with Crippen molar-refractivity contribution >= 4 is 5.97 Å². The van der Waals surface area contributed by atoms with Crippen LogP contribution in [0.5, 0.6) is 0 Å². The van der Waals surface area contributed by atoms with Crippen molar-refractivity contribution in [2.45, 2.75) is 18.9 Å². The van der Waals surface area contributed by atoms with Gasteiger partial charge in [0, 0.05) is 12.5 Å². The maximum Gasteiger partial charge on any atom is 0.312 e. The molecule has 2 rings (SSSR count). The number of hydrogen-bond donors (Lipinski definition) is 0. The van der Waals surface area contributed by atoms with E-state index in [2.05, 4.69) is 5.92 Å². The summed E-state index contributed by atoms with van der Waals surface area (Å²) in [6.45, 7) is 0.856. The quantitative estimate of drug-likeness (QED) is 0.461. The maximum atomic E-state index is 11.3. The van der Waals surface area contributed by atoms with Crippen molar-refractivity contribution in [2.24, 2.45) is 11.8 Å². The van der Waals surface area contributed by atoms with Crippen molar-refractivity contribution in [2.75, 3.05) is 13.2 Å². The molecule has 1 saturated carbocycles. The normalized spacial score (nSPS) is 35.8. The summed E-state index contributed by atoms with van der Waals surface area (Å²) < 4.78 is 10.3. The number of fused-ring (bicyclic) bond motifs is 1. The van der Waals surface area contributed by atoms with Crippen LogP contribution in [0.3, 0.4) is 0 Å². The predicted octanol–water partition coefficient (Wildman–Crippen LogP) is 0.588. The molecular weight excluding hydrogens is 168 g/mol. The van der Waals surface area contributed by atoms with Gasteiger partial charge in [0.25, 0.3) is 0 Å². The molecule has 0 aromatic heterocycles. The SMILES string of the molecule is C#CCOC(=O)C1C2CCCOC21. The predicted molar refractivity (Wildman–Crippen MR) is 45.7 cm³/mol. The molecule has 1 heterocycles. The van der Waals surface area contributed by atoms with E-state index in [-0.39, 0.29) is 24.6 Å². The fourth-order valence-electron chi connectivity index (χ4n) is 1.97. The summed E-state index contributed by atoms with van der Waals surface area (Å²) in [5.74, 6) is 2.46. The van der Waals surface area contributed by atoms with Gasteiger partial charge in [-0.05, 0) is 12.8 Å². The van der Waals surface area contributed by atoms with Crippen LogP contribution in [0.2, 0.25) is 0 Å². The summed E-state index contributed by atoms with van der Waals surface area (Å²) in [5, 5.41) is 0. The van der Waals surface area contributed by atoms with Crippen molar-refractivity contribution < 1.29 is 14.3 Å². The monoisotopic (exact) mass is 180 g/mol. The molecule has 1 aliphatic heterocycles. The average Bonchev–Trinajstić information content (AvgIpc) is 2.88. The van der Waals surface area contributed by atoms with Crippen LogP contribution in [0.1, 0.15) is 12.8 Å². The summed E-state index contributed by atoms with van der Waals surface area (Å²) in [7, 11) is 0. The van der Waals surface area contributed by atoms with Crippen LogP contribution in [0.15, 0.2) is 0 Å². The highest BCUT2D eigenvalue weighted by atomic mass is 16.5. The molecule has 0 aromatic rings. The molecule has 0 spiro atoms. The molecule has 0 N–H and O–H groups in total. The zero-order chi connectivity index (χ0) is 9.26. The van der Waals surface area contributed by atoms with Crippen LogP contribution in [-0.2, 0) is 14.3 Å². The lowest BCUT2D eigenvalue weighted by Gasteiger charge is -2.07. The Morgan fingerprint density at radius 1 is 1.69 bits per heavy atom. The van der Waals surface area contributed by atoms with Crippen molar-refractivity contribution in [3.8, 4) is 12.3 Å². The van der Waals surface area contributed by atoms with Gasteiger partial charge in [-0.1, -0.05) is 5.92 Å². The Balaban J connectivity index is 1.83. The van der Waals surface area contributed by atoms with E-state index in [1.165, 1.54) is 0 Å². The van der Waals surface area contributed by atoms with Crippen molar-refractivity contribution in [1.82, 2.24) is 0 Å². The fraction of sp³-hybridized carbons (Fsp3) is 0.700. The summed E-state index contributed by atoms with van der Waals surface area (Å²) in [6, 6.07) is 0. The molecule has 1 aliphatic carbocycles. The van der Waals surface area contributed by atoms with E-state index in [4.69, 9.17) is 15.9 Å². The Morgan fingerprint density at radius 3 is 3.15 bits per heavy atom. The van der Waals surface area contributed by atoms with Gasteiger partial charge in [0.1, 0.15) is 0 Å². The fourth-order valence-corrected chi connectivity index (χ4v) is 1.97. The zero-order valence-corrected chi connectivity index (χ0v) is 7.36. The largest absolute Gasteiger partial charge is 0.452 e. The van der Waals surface area contributed by atoms with Crippen LogP contribution in [0, 0.1) is 24.2 Å². The number of esters is 1. The molecule has 3 nitrogen and oxygen atoms in total. The lowest BCUT2D eigenvalue weighted by atomic mass is 10.2. The number of carbonyl (C=O) groups excluding carboxylic acids is 1. The zero-order valence-electron chi connectivity index (χ0n) is 7.36. The molecule has 3 atom stereocenters. The summed E-state index contributed by atoms with van der Waals surface area (Å²) in [5.41, 5.74) is 0. The number of hydrogen-bond acceptors (Lipinski definition) is 3. The highest BCUT2D eigenvalue weighted by Gasteiger charge is 2.57. The van der Waals surface area contributed by atoms with Crippen molar-refractivity contribution in [1.29, 1.82) is 0 Å². The molecule has 13 heavy (non-hydrogen) atoms. The van der Waals surface area contributed by atoms with Gasteiger partial charge < -0.3 is 9.47 Å². The Hall–Kier alpha value is -1.01. The molecule has 0 bridgehead atoms. The molecular formula is C10H12O3.